The van der Waals surface area contributed by atoms with E-state index in [-0.39, 0.29) is 0 Å². The second-order valence-corrected chi connectivity index (χ2v) is 7.24. The van der Waals surface area contributed by atoms with Gasteiger partial charge in [-0.2, -0.15) is 0 Å². The highest BCUT2D eigenvalue weighted by Crippen LogP contribution is 2.31. The SMILES string of the molecule is CCn1c2ccccc2c2cc(NC(=S)Nc3ccc(OC)c(Cl)c3)ccc21. The van der Waals surface area contributed by atoms with E-state index in [1.807, 2.05) is 12.1 Å². The Morgan fingerprint density at radius 2 is 1.64 bits per heavy atom. The van der Waals surface area contributed by atoms with Gasteiger partial charge in [-0.3, -0.25) is 0 Å². The van der Waals surface area contributed by atoms with E-state index in [4.69, 9.17) is 28.6 Å². The fourth-order valence-electron chi connectivity index (χ4n) is 3.51. The monoisotopic (exact) mass is 409 g/mol. The predicted octanol–water partition coefficient (Wildman–Crippen LogP) is 6.29. The molecule has 4 nitrogen and oxygen atoms in total. The summed E-state index contributed by atoms with van der Waals surface area (Å²) < 4.78 is 7.50. The summed E-state index contributed by atoms with van der Waals surface area (Å²) in [5.74, 6) is 0.629. The number of thiocarbonyl (C=S) groups is 1. The number of aryl methyl sites for hydroxylation is 1. The van der Waals surface area contributed by atoms with Crippen LogP contribution in [0.15, 0.2) is 60.7 Å². The normalized spacial score (nSPS) is 11.0. The summed E-state index contributed by atoms with van der Waals surface area (Å²) in [6.45, 7) is 3.09. The Kier molecular flexibility index (Phi) is 5.11. The van der Waals surface area contributed by atoms with Crippen molar-refractivity contribution in [1.82, 2.24) is 4.57 Å². The van der Waals surface area contributed by atoms with Gasteiger partial charge in [-0.25, -0.2) is 0 Å². The zero-order chi connectivity index (χ0) is 19.7. The second kappa shape index (κ2) is 7.70. The third kappa shape index (κ3) is 3.39. The minimum absolute atomic E-state index is 0.500. The lowest BCUT2D eigenvalue weighted by atomic mass is 10.1. The molecule has 0 aliphatic carbocycles. The fraction of sp³-hybridized carbons (Fsp3) is 0.136. The summed E-state index contributed by atoms with van der Waals surface area (Å²) in [6, 6.07) is 20.2. The Labute approximate surface area is 174 Å². The number of nitrogens with zero attached hydrogens (tertiary/aromatic N) is 1. The Morgan fingerprint density at radius 1 is 0.964 bits per heavy atom. The lowest BCUT2D eigenvalue weighted by Gasteiger charge is -2.12. The third-order valence-electron chi connectivity index (χ3n) is 4.76. The van der Waals surface area contributed by atoms with Crippen molar-refractivity contribution in [2.24, 2.45) is 0 Å². The molecule has 4 aromatic rings. The first-order valence-corrected chi connectivity index (χ1v) is 9.82. The van der Waals surface area contributed by atoms with Gasteiger partial charge in [0.2, 0.25) is 0 Å². The van der Waals surface area contributed by atoms with E-state index in [9.17, 15) is 0 Å². The molecule has 0 unspecified atom stereocenters. The van der Waals surface area contributed by atoms with Gasteiger partial charge in [-0.1, -0.05) is 29.8 Å². The number of methoxy groups -OCH3 is 1. The van der Waals surface area contributed by atoms with E-state index in [0.717, 1.165) is 17.9 Å². The zero-order valence-electron chi connectivity index (χ0n) is 15.6. The molecule has 0 saturated heterocycles. The number of nitrogens with one attached hydrogen (secondary N) is 2. The quantitative estimate of drug-likeness (QED) is 0.389. The Hall–Kier alpha value is -2.76. The van der Waals surface area contributed by atoms with Crippen LogP contribution in [-0.4, -0.2) is 16.8 Å². The van der Waals surface area contributed by atoms with Crippen LogP contribution in [-0.2, 0) is 6.54 Å². The largest absolute Gasteiger partial charge is 0.495 e. The molecule has 6 heteroatoms. The molecule has 0 aliphatic rings. The summed E-state index contributed by atoms with van der Waals surface area (Å²) in [5.41, 5.74) is 4.19. The van der Waals surface area contributed by atoms with Crippen molar-refractivity contribution in [2.75, 3.05) is 17.7 Å². The molecular weight excluding hydrogens is 390 g/mol. The molecule has 0 atom stereocenters. The van der Waals surface area contributed by atoms with Crippen LogP contribution in [0.2, 0.25) is 5.02 Å². The van der Waals surface area contributed by atoms with E-state index in [1.165, 1.54) is 21.8 Å². The van der Waals surface area contributed by atoms with Crippen LogP contribution in [0.3, 0.4) is 0 Å². The minimum atomic E-state index is 0.500. The van der Waals surface area contributed by atoms with Crippen molar-refractivity contribution in [3.63, 3.8) is 0 Å². The van der Waals surface area contributed by atoms with Gasteiger partial charge >= 0.3 is 0 Å². The van der Waals surface area contributed by atoms with Crippen molar-refractivity contribution < 1.29 is 4.74 Å². The summed E-state index contributed by atoms with van der Waals surface area (Å²) >= 11 is 11.6. The van der Waals surface area contributed by atoms with Gasteiger partial charge in [-0.15, -0.1) is 0 Å². The van der Waals surface area contributed by atoms with Gasteiger partial charge in [0.15, 0.2) is 5.11 Å². The van der Waals surface area contributed by atoms with Crippen LogP contribution in [0, 0.1) is 0 Å². The highest BCUT2D eigenvalue weighted by molar-refractivity contribution is 7.80. The van der Waals surface area contributed by atoms with Crippen LogP contribution in [0.25, 0.3) is 21.8 Å². The van der Waals surface area contributed by atoms with Crippen molar-refractivity contribution in [2.45, 2.75) is 13.5 Å². The average molecular weight is 410 g/mol. The van der Waals surface area contributed by atoms with Crippen molar-refractivity contribution in [3.8, 4) is 5.75 Å². The predicted molar refractivity (Wildman–Crippen MR) is 123 cm³/mol. The molecule has 0 saturated carbocycles. The van der Waals surface area contributed by atoms with Crippen LogP contribution in [0.5, 0.6) is 5.75 Å². The first-order chi connectivity index (χ1) is 13.6. The molecule has 0 amide bonds. The van der Waals surface area contributed by atoms with Gasteiger partial charge in [0.25, 0.3) is 0 Å². The topological polar surface area (TPSA) is 38.2 Å². The van der Waals surface area contributed by atoms with Gasteiger partial charge in [-0.05, 0) is 61.6 Å². The molecule has 0 bridgehead atoms. The van der Waals surface area contributed by atoms with E-state index in [2.05, 4.69) is 58.5 Å². The summed E-state index contributed by atoms with van der Waals surface area (Å²) in [5, 5.41) is 9.90. The Balaban J connectivity index is 1.60. The molecule has 0 aliphatic heterocycles. The Bertz CT molecular complexity index is 1190. The maximum Gasteiger partial charge on any atom is 0.175 e. The van der Waals surface area contributed by atoms with Crippen LogP contribution in [0.4, 0.5) is 11.4 Å². The Morgan fingerprint density at radius 3 is 2.36 bits per heavy atom. The molecule has 1 heterocycles. The summed E-state index contributed by atoms with van der Waals surface area (Å²) in [7, 11) is 1.59. The number of rotatable bonds is 4. The van der Waals surface area contributed by atoms with Crippen LogP contribution < -0.4 is 15.4 Å². The van der Waals surface area contributed by atoms with Crippen molar-refractivity contribution >= 4 is 62.1 Å². The first kappa shape index (κ1) is 18.6. The lowest BCUT2D eigenvalue weighted by molar-refractivity contribution is 0.415. The third-order valence-corrected chi connectivity index (χ3v) is 5.26. The molecule has 28 heavy (non-hydrogen) atoms. The average Bonchev–Trinajstić information content (AvgIpc) is 3.01. The molecule has 3 aromatic carbocycles. The number of anilines is 2. The maximum absolute atomic E-state index is 6.18. The number of hydrogen-bond donors (Lipinski definition) is 2. The van der Waals surface area contributed by atoms with E-state index in [1.54, 1.807) is 19.2 Å². The molecule has 1 aromatic heterocycles. The second-order valence-electron chi connectivity index (χ2n) is 6.42. The molecule has 0 radical (unpaired) electrons. The first-order valence-electron chi connectivity index (χ1n) is 9.03. The number of aromatic nitrogens is 1. The van der Waals surface area contributed by atoms with Crippen molar-refractivity contribution in [1.29, 1.82) is 0 Å². The highest BCUT2D eigenvalue weighted by Gasteiger charge is 2.10. The lowest BCUT2D eigenvalue weighted by Crippen LogP contribution is -2.19. The summed E-state index contributed by atoms with van der Waals surface area (Å²) in [4.78, 5) is 0. The molecule has 142 valence electrons. The highest BCUT2D eigenvalue weighted by atomic mass is 35.5. The molecule has 4 rings (SSSR count). The van der Waals surface area contributed by atoms with Gasteiger partial charge < -0.3 is 19.9 Å². The molecule has 2 N–H and O–H groups in total. The van der Waals surface area contributed by atoms with Gasteiger partial charge in [0.05, 0.1) is 12.1 Å². The standard InChI is InChI=1S/C22H20ClN3OS/c1-3-26-19-7-5-4-6-16(19)17-12-14(8-10-20(17)26)24-22(28)25-15-9-11-21(27-2)18(23)13-15/h4-13H,3H2,1-2H3,(H2,24,25,28). The molecule has 0 spiro atoms. The maximum atomic E-state index is 6.18. The van der Waals surface area contributed by atoms with Crippen LogP contribution >= 0.6 is 23.8 Å². The van der Waals surface area contributed by atoms with Crippen molar-refractivity contribution in [3.05, 3.63) is 65.7 Å². The van der Waals surface area contributed by atoms with Gasteiger partial charge in [0.1, 0.15) is 5.75 Å². The van der Waals surface area contributed by atoms with E-state index in [0.29, 0.717) is 15.9 Å². The summed E-state index contributed by atoms with van der Waals surface area (Å²) in [6.07, 6.45) is 0. The van der Waals surface area contributed by atoms with Gasteiger partial charge in [0, 0.05) is 39.7 Å². The minimum Gasteiger partial charge on any atom is -0.495 e. The smallest absolute Gasteiger partial charge is 0.175 e. The number of benzene rings is 3. The molecular formula is C22H20ClN3OS. The van der Waals surface area contributed by atoms with E-state index < -0.39 is 0 Å². The number of halogens is 1. The number of hydrogen-bond acceptors (Lipinski definition) is 2. The number of fused-ring (bicyclic) bond motifs is 3. The number of para-hydroxylation sites is 1. The van der Waals surface area contributed by atoms with E-state index >= 15 is 0 Å². The zero-order valence-corrected chi connectivity index (χ0v) is 17.2. The number of ether oxygens (including phenoxy) is 1. The molecule has 0 fully saturated rings. The fourth-order valence-corrected chi connectivity index (χ4v) is 4.00. The van der Waals surface area contributed by atoms with Crippen LogP contribution in [0.1, 0.15) is 6.92 Å².